The van der Waals surface area contributed by atoms with Crippen molar-refractivity contribution in [1.82, 2.24) is 0 Å². The van der Waals surface area contributed by atoms with Crippen molar-refractivity contribution in [3.05, 3.63) is 29.3 Å². The van der Waals surface area contributed by atoms with Crippen LogP contribution in [0.3, 0.4) is 0 Å². The highest BCUT2D eigenvalue weighted by atomic mass is 16.5. The van der Waals surface area contributed by atoms with Gasteiger partial charge in [0.25, 0.3) is 0 Å². The number of carboxylic acid groups (broad SMARTS) is 1. The summed E-state index contributed by atoms with van der Waals surface area (Å²) < 4.78 is 5.40. The van der Waals surface area contributed by atoms with Crippen LogP contribution >= 0.6 is 0 Å². The lowest BCUT2D eigenvalue weighted by Crippen LogP contribution is -2.21. The normalized spacial score (nSPS) is 19.1. The number of rotatable bonds is 2. The minimum Gasteiger partial charge on any atom is -0.493 e. The summed E-state index contributed by atoms with van der Waals surface area (Å²) in [4.78, 5) is 11.0. The number of ether oxygens (including phenoxy) is 1. The first-order valence-electron chi connectivity index (χ1n) is 4.91. The lowest BCUT2D eigenvalue weighted by Gasteiger charge is -2.23. The van der Waals surface area contributed by atoms with Crippen molar-refractivity contribution in [3.8, 4) is 5.75 Å². The maximum atomic E-state index is 11.0. The molecule has 1 heterocycles. The molecular formula is C11H13NO3. The molecule has 0 radical (unpaired) electrons. The fraction of sp³-hybridized carbons (Fsp3) is 0.364. The Morgan fingerprint density at radius 3 is 3.07 bits per heavy atom. The van der Waals surface area contributed by atoms with Gasteiger partial charge < -0.3 is 15.6 Å². The van der Waals surface area contributed by atoms with Crippen molar-refractivity contribution in [2.75, 3.05) is 6.61 Å². The Morgan fingerprint density at radius 1 is 1.60 bits per heavy atom. The van der Waals surface area contributed by atoms with Gasteiger partial charge >= 0.3 is 5.97 Å². The molecule has 0 fully saturated rings. The van der Waals surface area contributed by atoms with Crippen molar-refractivity contribution in [2.24, 2.45) is 5.73 Å². The van der Waals surface area contributed by atoms with Gasteiger partial charge in [-0.15, -0.1) is 0 Å². The molecule has 0 saturated carbocycles. The molecule has 4 heteroatoms. The lowest BCUT2D eigenvalue weighted by molar-refractivity contribution is -0.139. The van der Waals surface area contributed by atoms with E-state index in [9.17, 15) is 4.79 Å². The zero-order valence-electron chi connectivity index (χ0n) is 8.27. The molecule has 15 heavy (non-hydrogen) atoms. The number of fused-ring (bicyclic) bond motifs is 1. The van der Waals surface area contributed by atoms with E-state index in [-0.39, 0.29) is 0 Å². The summed E-state index contributed by atoms with van der Waals surface area (Å²) in [5.74, 6) is -0.583. The molecule has 4 nitrogen and oxygen atoms in total. The van der Waals surface area contributed by atoms with Gasteiger partial charge in [-0.25, -0.2) is 0 Å². The van der Waals surface area contributed by atoms with Gasteiger partial charge in [0, 0.05) is 12.1 Å². The van der Waals surface area contributed by atoms with Crippen LogP contribution in [-0.2, 0) is 11.3 Å². The predicted molar refractivity (Wildman–Crippen MR) is 54.8 cm³/mol. The molecule has 0 bridgehead atoms. The molecule has 1 aliphatic heterocycles. The van der Waals surface area contributed by atoms with E-state index in [1.807, 2.05) is 12.1 Å². The van der Waals surface area contributed by atoms with Crippen LogP contribution in [0.2, 0.25) is 0 Å². The smallest absolute Gasteiger partial charge is 0.311 e. The fourth-order valence-corrected chi connectivity index (χ4v) is 1.83. The third-order valence-corrected chi connectivity index (χ3v) is 2.65. The molecule has 1 aromatic carbocycles. The van der Waals surface area contributed by atoms with E-state index in [4.69, 9.17) is 15.6 Å². The van der Waals surface area contributed by atoms with Gasteiger partial charge in [-0.3, -0.25) is 4.79 Å². The highest BCUT2D eigenvalue weighted by Gasteiger charge is 2.27. The Hall–Kier alpha value is -1.55. The number of nitrogens with two attached hydrogens (primary N) is 1. The van der Waals surface area contributed by atoms with Crippen LogP contribution in [0.5, 0.6) is 5.75 Å². The standard InChI is InChI=1S/C11H13NO3/c12-6-7-1-2-10-9(5-7)8(11(13)14)3-4-15-10/h1-2,5,8H,3-4,6,12H2,(H,13,14). The Morgan fingerprint density at radius 2 is 2.40 bits per heavy atom. The lowest BCUT2D eigenvalue weighted by atomic mass is 9.92. The third-order valence-electron chi connectivity index (χ3n) is 2.65. The van der Waals surface area contributed by atoms with E-state index >= 15 is 0 Å². The second-order valence-electron chi connectivity index (χ2n) is 3.60. The molecule has 0 aliphatic carbocycles. The van der Waals surface area contributed by atoms with Crippen LogP contribution in [0.4, 0.5) is 0 Å². The highest BCUT2D eigenvalue weighted by molar-refractivity contribution is 5.77. The summed E-state index contributed by atoms with van der Waals surface area (Å²) in [5.41, 5.74) is 7.20. The molecule has 2 rings (SSSR count). The van der Waals surface area contributed by atoms with Crippen molar-refractivity contribution >= 4 is 5.97 Å². The largest absolute Gasteiger partial charge is 0.493 e. The van der Waals surface area contributed by atoms with Crippen LogP contribution in [-0.4, -0.2) is 17.7 Å². The summed E-state index contributed by atoms with van der Waals surface area (Å²) in [5, 5.41) is 9.06. The maximum Gasteiger partial charge on any atom is 0.311 e. The SMILES string of the molecule is NCc1ccc2c(c1)C(C(=O)O)CCO2. The molecule has 1 aliphatic rings. The molecule has 3 N–H and O–H groups in total. The van der Waals surface area contributed by atoms with E-state index < -0.39 is 11.9 Å². The molecule has 1 unspecified atom stereocenters. The zero-order chi connectivity index (χ0) is 10.8. The number of carbonyl (C=O) groups is 1. The van der Waals surface area contributed by atoms with Gasteiger partial charge in [0.2, 0.25) is 0 Å². The van der Waals surface area contributed by atoms with Gasteiger partial charge in [0.1, 0.15) is 5.75 Å². The number of aliphatic carboxylic acids is 1. The van der Waals surface area contributed by atoms with Crippen molar-refractivity contribution in [3.63, 3.8) is 0 Å². The fourth-order valence-electron chi connectivity index (χ4n) is 1.83. The molecule has 0 aromatic heterocycles. The highest BCUT2D eigenvalue weighted by Crippen LogP contribution is 2.34. The Balaban J connectivity index is 2.43. The van der Waals surface area contributed by atoms with Crippen LogP contribution in [0.15, 0.2) is 18.2 Å². The van der Waals surface area contributed by atoms with Gasteiger partial charge in [0.05, 0.1) is 12.5 Å². The number of hydrogen-bond acceptors (Lipinski definition) is 3. The Kier molecular flexibility index (Phi) is 2.60. The van der Waals surface area contributed by atoms with Gasteiger partial charge in [-0.1, -0.05) is 6.07 Å². The van der Waals surface area contributed by atoms with Crippen LogP contribution in [0.25, 0.3) is 0 Å². The minimum absolute atomic E-state index is 0.416. The van der Waals surface area contributed by atoms with E-state index in [1.165, 1.54) is 0 Å². The second-order valence-corrected chi connectivity index (χ2v) is 3.60. The minimum atomic E-state index is -0.797. The van der Waals surface area contributed by atoms with Crippen LogP contribution in [0, 0.1) is 0 Å². The molecular weight excluding hydrogens is 194 g/mol. The number of carboxylic acids is 1. The van der Waals surface area contributed by atoms with Crippen molar-refractivity contribution in [1.29, 1.82) is 0 Å². The number of hydrogen-bond donors (Lipinski definition) is 2. The van der Waals surface area contributed by atoms with Crippen LogP contribution in [0.1, 0.15) is 23.5 Å². The molecule has 0 spiro atoms. The number of benzene rings is 1. The first kappa shape index (κ1) is 9.98. The quantitative estimate of drug-likeness (QED) is 0.761. The Labute approximate surface area is 87.7 Å². The van der Waals surface area contributed by atoms with Crippen molar-refractivity contribution in [2.45, 2.75) is 18.9 Å². The first-order valence-corrected chi connectivity index (χ1v) is 4.91. The summed E-state index contributed by atoms with van der Waals surface area (Å²) in [6, 6.07) is 5.49. The maximum absolute atomic E-state index is 11.0. The molecule has 1 atom stereocenters. The first-order chi connectivity index (χ1) is 7.22. The summed E-state index contributed by atoms with van der Waals surface area (Å²) in [6.45, 7) is 0.881. The summed E-state index contributed by atoms with van der Waals surface area (Å²) in [7, 11) is 0. The molecule has 0 saturated heterocycles. The monoisotopic (exact) mass is 207 g/mol. The van der Waals surface area contributed by atoms with Crippen molar-refractivity contribution < 1.29 is 14.6 Å². The predicted octanol–water partition coefficient (Wildman–Crippen LogP) is 1.10. The van der Waals surface area contributed by atoms with Gasteiger partial charge in [0.15, 0.2) is 0 Å². The van der Waals surface area contributed by atoms with E-state index in [2.05, 4.69) is 0 Å². The van der Waals surface area contributed by atoms with Gasteiger partial charge in [-0.2, -0.15) is 0 Å². The second kappa shape index (κ2) is 3.90. The average Bonchev–Trinajstić information content (AvgIpc) is 2.27. The van der Waals surface area contributed by atoms with Crippen LogP contribution < -0.4 is 10.5 Å². The summed E-state index contributed by atoms with van der Waals surface area (Å²) >= 11 is 0. The zero-order valence-corrected chi connectivity index (χ0v) is 8.27. The van der Waals surface area contributed by atoms with E-state index in [1.54, 1.807) is 6.07 Å². The average molecular weight is 207 g/mol. The third kappa shape index (κ3) is 1.80. The van der Waals surface area contributed by atoms with E-state index in [0.29, 0.717) is 25.3 Å². The molecule has 0 amide bonds. The van der Waals surface area contributed by atoms with Gasteiger partial charge in [-0.05, 0) is 24.1 Å². The Bertz CT molecular complexity index is 389. The molecule has 80 valence electrons. The molecule has 1 aromatic rings. The summed E-state index contributed by atoms with van der Waals surface area (Å²) in [6.07, 6.45) is 0.524. The topological polar surface area (TPSA) is 72.6 Å². The van der Waals surface area contributed by atoms with E-state index in [0.717, 1.165) is 11.1 Å².